The third-order valence-corrected chi connectivity index (χ3v) is 6.16. The Hall–Kier alpha value is -3.95. The van der Waals surface area contributed by atoms with Gasteiger partial charge in [0.15, 0.2) is 17.2 Å². The third-order valence-electron chi connectivity index (χ3n) is 6.16. The van der Waals surface area contributed by atoms with E-state index < -0.39 is 23.6 Å². The first-order chi connectivity index (χ1) is 17.3. The van der Waals surface area contributed by atoms with Crippen molar-refractivity contribution in [1.82, 2.24) is 20.2 Å². The molecule has 0 saturated carbocycles. The van der Waals surface area contributed by atoms with E-state index in [1.54, 1.807) is 29.2 Å². The molecule has 0 radical (unpaired) electrons. The number of hydrogen-bond donors (Lipinski definition) is 2. The van der Waals surface area contributed by atoms with Gasteiger partial charge in [-0.25, -0.2) is 14.4 Å². The van der Waals surface area contributed by atoms with E-state index in [0.717, 1.165) is 0 Å². The molecule has 0 spiro atoms. The van der Waals surface area contributed by atoms with Gasteiger partial charge in [-0.3, -0.25) is 9.59 Å². The Morgan fingerprint density at radius 2 is 1.75 bits per heavy atom. The minimum atomic E-state index is -0.806. The number of nitrogens with one attached hydrogen (secondary N) is 1. The van der Waals surface area contributed by atoms with Crippen molar-refractivity contribution in [1.29, 1.82) is 0 Å². The Morgan fingerprint density at radius 3 is 2.39 bits per heavy atom. The van der Waals surface area contributed by atoms with E-state index in [0.29, 0.717) is 48.5 Å². The number of fused-ring (bicyclic) bond motifs is 1. The number of carbonyl (C=O) groups excluding carboxylic acids is 2. The Kier molecular flexibility index (Phi) is 7.52. The third kappa shape index (κ3) is 5.48. The van der Waals surface area contributed by atoms with Crippen LogP contribution in [0.5, 0.6) is 17.4 Å². The zero-order valence-corrected chi connectivity index (χ0v) is 20.4. The van der Waals surface area contributed by atoms with Crippen LogP contribution in [-0.4, -0.2) is 64.1 Å². The lowest BCUT2D eigenvalue weighted by molar-refractivity contribution is -0.136. The number of rotatable bonds is 7. The molecular formula is C26H29FN4O5. The summed E-state index contributed by atoms with van der Waals surface area (Å²) >= 11 is 0. The van der Waals surface area contributed by atoms with E-state index in [1.165, 1.54) is 25.3 Å². The fourth-order valence-electron chi connectivity index (χ4n) is 4.18. The zero-order valence-electron chi connectivity index (χ0n) is 20.4. The highest BCUT2D eigenvalue weighted by atomic mass is 19.1. The van der Waals surface area contributed by atoms with E-state index in [-0.39, 0.29) is 23.6 Å². The van der Waals surface area contributed by atoms with Crippen molar-refractivity contribution in [2.75, 3.05) is 20.2 Å². The van der Waals surface area contributed by atoms with Crippen LogP contribution in [0.25, 0.3) is 11.0 Å². The fourth-order valence-corrected chi connectivity index (χ4v) is 4.18. The van der Waals surface area contributed by atoms with Gasteiger partial charge in [-0.1, -0.05) is 26.0 Å². The summed E-state index contributed by atoms with van der Waals surface area (Å²) in [5.41, 5.74) is 0.701. The van der Waals surface area contributed by atoms with Gasteiger partial charge in [0.25, 0.3) is 5.91 Å². The van der Waals surface area contributed by atoms with Crippen LogP contribution in [0.15, 0.2) is 42.5 Å². The van der Waals surface area contributed by atoms with E-state index >= 15 is 0 Å². The zero-order chi connectivity index (χ0) is 25.8. The first-order valence-corrected chi connectivity index (χ1v) is 11.8. The monoisotopic (exact) mass is 496 g/mol. The number of nitrogens with zero attached hydrogens (tertiary/aromatic N) is 3. The minimum absolute atomic E-state index is 0.162. The minimum Gasteiger partial charge on any atom is -0.493 e. The van der Waals surface area contributed by atoms with E-state index in [1.807, 2.05) is 13.8 Å². The van der Waals surface area contributed by atoms with Crippen molar-refractivity contribution in [3.63, 3.8) is 0 Å². The van der Waals surface area contributed by atoms with Gasteiger partial charge < -0.3 is 24.8 Å². The number of carbonyl (C=O) groups is 2. The summed E-state index contributed by atoms with van der Waals surface area (Å²) in [7, 11) is 1.45. The molecule has 3 aromatic rings. The Balaban J connectivity index is 1.40. The lowest BCUT2D eigenvalue weighted by atomic mass is 10.00. The van der Waals surface area contributed by atoms with E-state index in [2.05, 4.69) is 15.3 Å². The highest BCUT2D eigenvalue weighted by Crippen LogP contribution is 2.30. The van der Waals surface area contributed by atoms with Crippen LogP contribution >= 0.6 is 0 Å². The average molecular weight is 497 g/mol. The summed E-state index contributed by atoms with van der Waals surface area (Å²) in [5, 5.41) is 13.0. The van der Waals surface area contributed by atoms with Crippen LogP contribution in [-0.2, 0) is 4.79 Å². The summed E-state index contributed by atoms with van der Waals surface area (Å²) in [5.74, 6) is -1.22. The molecule has 9 nitrogen and oxygen atoms in total. The normalized spacial score (nSPS) is 15.1. The van der Waals surface area contributed by atoms with Crippen molar-refractivity contribution < 1.29 is 28.6 Å². The van der Waals surface area contributed by atoms with Gasteiger partial charge in [-0.15, -0.1) is 0 Å². The molecule has 190 valence electrons. The second-order valence-electron chi connectivity index (χ2n) is 9.02. The molecule has 4 rings (SSSR count). The van der Waals surface area contributed by atoms with Crippen molar-refractivity contribution in [3.8, 4) is 17.4 Å². The number of likely N-dealkylation sites (tertiary alicyclic amines) is 1. The molecule has 2 aromatic carbocycles. The summed E-state index contributed by atoms with van der Waals surface area (Å²) in [6, 6.07) is 10.2. The van der Waals surface area contributed by atoms with Gasteiger partial charge in [-0.2, -0.15) is 0 Å². The van der Waals surface area contributed by atoms with Gasteiger partial charge in [0.2, 0.25) is 11.8 Å². The second kappa shape index (κ2) is 10.8. The molecule has 10 heteroatoms. The number of aromatic hydroxyl groups is 1. The van der Waals surface area contributed by atoms with Gasteiger partial charge in [0.05, 0.1) is 18.1 Å². The molecular weight excluding hydrogens is 467 g/mol. The lowest BCUT2D eigenvalue weighted by Crippen LogP contribution is -2.53. The summed E-state index contributed by atoms with van der Waals surface area (Å²) in [4.78, 5) is 36.2. The van der Waals surface area contributed by atoms with Crippen molar-refractivity contribution in [2.24, 2.45) is 5.92 Å². The molecule has 1 aromatic heterocycles. The Bertz CT molecular complexity index is 1260. The highest BCUT2D eigenvalue weighted by molar-refractivity contribution is 5.99. The maximum Gasteiger partial charge on any atom is 0.276 e. The molecule has 2 heterocycles. The largest absolute Gasteiger partial charge is 0.493 e. The smallest absolute Gasteiger partial charge is 0.276 e. The Labute approximate surface area is 208 Å². The predicted molar refractivity (Wildman–Crippen MR) is 130 cm³/mol. The standard InChI is InChI=1S/C26H29FN4O5/c1-15(2)22(30-25(33)23-24(32)29-19-7-5-4-6-18(19)28-23)26(34)31-12-10-17(11-13-31)36-20-9-8-16(27)14-21(20)35-3/h4-9,14-15,17,22H,10-13H2,1-3H3,(H,29,32)(H,30,33)/t22-/m0/s1. The summed E-state index contributed by atoms with van der Waals surface area (Å²) in [6.07, 6.45) is 0.981. The van der Waals surface area contributed by atoms with E-state index in [4.69, 9.17) is 9.47 Å². The number of para-hydroxylation sites is 2. The second-order valence-corrected chi connectivity index (χ2v) is 9.02. The molecule has 36 heavy (non-hydrogen) atoms. The molecule has 2 amide bonds. The van der Waals surface area contributed by atoms with Crippen LogP contribution in [0, 0.1) is 11.7 Å². The number of amides is 2. The number of benzene rings is 2. The molecule has 2 N–H and O–H groups in total. The molecule has 1 saturated heterocycles. The number of halogens is 1. The molecule has 1 atom stereocenters. The van der Waals surface area contributed by atoms with Gasteiger partial charge in [0, 0.05) is 32.0 Å². The number of ether oxygens (including phenoxy) is 2. The number of piperidine rings is 1. The van der Waals surface area contributed by atoms with Gasteiger partial charge >= 0.3 is 0 Å². The highest BCUT2D eigenvalue weighted by Gasteiger charge is 2.33. The maximum absolute atomic E-state index is 13.5. The predicted octanol–water partition coefficient (Wildman–Crippen LogP) is 3.31. The van der Waals surface area contributed by atoms with Crippen LogP contribution in [0.2, 0.25) is 0 Å². The maximum atomic E-state index is 13.5. The number of hydrogen-bond acceptors (Lipinski definition) is 7. The van der Waals surface area contributed by atoms with Crippen LogP contribution in [0.3, 0.4) is 0 Å². The van der Waals surface area contributed by atoms with Crippen LogP contribution in [0.4, 0.5) is 4.39 Å². The molecule has 0 bridgehead atoms. The summed E-state index contributed by atoms with van der Waals surface area (Å²) in [6.45, 7) is 4.55. The average Bonchev–Trinajstić information content (AvgIpc) is 2.87. The lowest BCUT2D eigenvalue weighted by Gasteiger charge is -2.35. The topological polar surface area (TPSA) is 114 Å². The fraction of sp³-hybridized carbons (Fsp3) is 0.385. The van der Waals surface area contributed by atoms with Gasteiger partial charge in [0.1, 0.15) is 18.0 Å². The first-order valence-electron chi connectivity index (χ1n) is 11.8. The van der Waals surface area contributed by atoms with Crippen molar-refractivity contribution >= 4 is 22.8 Å². The molecule has 0 aliphatic carbocycles. The molecule has 1 aliphatic heterocycles. The SMILES string of the molecule is COc1cc(F)ccc1OC1CCN(C(=O)[C@@H](NC(=O)c2nc3ccccc3nc2O)C(C)C)CC1. The molecule has 1 aliphatic rings. The quantitative estimate of drug-likeness (QED) is 0.516. The number of aromatic nitrogens is 2. The van der Waals surface area contributed by atoms with Gasteiger partial charge in [-0.05, 0) is 30.2 Å². The first kappa shape index (κ1) is 25.2. The molecule has 1 fully saturated rings. The Morgan fingerprint density at radius 1 is 1.08 bits per heavy atom. The molecule has 0 unspecified atom stereocenters. The number of methoxy groups -OCH3 is 1. The van der Waals surface area contributed by atoms with E-state index in [9.17, 15) is 19.1 Å². The van der Waals surface area contributed by atoms with Crippen LogP contribution in [0.1, 0.15) is 37.2 Å². The van der Waals surface area contributed by atoms with Crippen molar-refractivity contribution in [3.05, 3.63) is 54.0 Å². The van der Waals surface area contributed by atoms with Crippen LogP contribution < -0.4 is 14.8 Å². The summed E-state index contributed by atoms with van der Waals surface area (Å²) < 4.78 is 24.6. The van der Waals surface area contributed by atoms with Crippen molar-refractivity contribution in [2.45, 2.75) is 38.8 Å².